The normalized spacial score (nSPS) is 9.80. The van der Waals surface area contributed by atoms with E-state index in [1.165, 1.54) is 12.8 Å². The molecule has 10 heavy (non-hydrogen) atoms. The van der Waals surface area contributed by atoms with E-state index in [9.17, 15) is 0 Å². The van der Waals surface area contributed by atoms with Crippen LogP contribution in [0.25, 0.3) is 0 Å². The average Bonchev–Trinajstić information content (AvgIpc) is 1.99. The summed E-state index contributed by atoms with van der Waals surface area (Å²) in [6.45, 7) is 6.20. The maximum Gasteiger partial charge on any atom is 0.0573 e. The van der Waals surface area contributed by atoms with Crippen LogP contribution in [0.15, 0.2) is 0 Å². The van der Waals surface area contributed by atoms with Gasteiger partial charge in [-0.1, -0.05) is 32.6 Å². The summed E-state index contributed by atoms with van der Waals surface area (Å²) in [5.41, 5.74) is 0. The van der Waals surface area contributed by atoms with Gasteiger partial charge in [-0.15, -0.1) is 6.42 Å². The molecule has 0 rings (SSSR count). The summed E-state index contributed by atoms with van der Waals surface area (Å²) in [7, 11) is 0. The number of terminal acetylenes is 1. The lowest BCUT2D eigenvalue weighted by Crippen LogP contribution is -2.22. The Labute approximate surface area is 64.2 Å². The molecule has 0 saturated carbocycles. The van der Waals surface area contributed by atoms with Gasteiger partial charge < -0.3 is 5.32 Å². The van der Waals surface area contributed by atoms with Gasteiger partial charge in [0.15, 0.2) is 0 Å². The first-order chi connectivity index (χ1) is 4.85. The topological polar surface area (TPSA) is 12.0 Å². The minimum atomic E-state index is 0.705. The molecule has 0 bridgehead atoms. The van der Waals surface area contributed by atoms with Crippen LogP contribution in [-0.2, 0) is 0 Å². The van der Waals surface area contributed by atoms with E-state index in [1.54, 1.807) is 0 Å². The lowest BCUT2D eigenvalue weighted by Gasteiger charge is -2.10. The number of rotatable bonds is 5. The third-order valence-corrected chi connectivity index (χ3v) is 1.81. The molecule has 0 amide bonds. The molecule has 0 radical (unpaired) electrons. The van der Waals surface area contributed by atoms with E-state index in [1.807, 2.05) is 0 Å². The van der Waals surface area contributed by atoms with Gasteiger partial charge in [-0.05, 0) is 12.5 Å². The van der Waals surface area contributed by atoms with Gasteiger partial charge in [-0.3, -0.25) is 0 Å². The maximum absolute atomic E-state index is 5.09. The van der Waals surface area contributed by atoms with E-state index < -0.39 is 0 Å². The van der Waals surface area contributed by atoms with E-state index >= 15 is 0 Å². The molecule has 0 aliphatic carbocycles. The zero-order valence-electron chi connectivity index (χ0n) is 6.98. The molecule has 0 aromatic heterocycles. The minimum absolute atomic E-state index is 0.705. The maximum atomic E-state index is 5.09. The summed E-state index contributed by atoms with van der Waals surface area (Å²) < 4.78 is 0. The lowest BCUT2D eigenvalue weighted by atomic mass is 10.0. The van der Waals surface area contributed by atoms with Crippen LogP contribution in [0.2, 0.25) is 0 Å². The first-order valence-electron chi connectivity index (χ1n) is 3.99. The van der Waals surface area contributed by atoms with Crippen LogP contribution < -0.4 is 5.32 Å². The number of nitrogens with one attached hydrogen (secondary N) is 1. The zero-order valence-corrected chi connectivity index (χ0v) is 6.98. The average molecular weight is 139 g/mol. The van der Waals surface area contributed by atoms with Gasteiger partial charge in [0, 0.05) is 0 Å². The monoisotopic (exact) mass is 139 g/mol. The predicted octanol–water partition coefficient (Wildman–Crippen LogP) is 1.65. The Kier molecular flexibility index (Phi) is 6.32. The molecule has 0 aliphatic rings. The van der Waals surface area contributed by atoms with Gasteiger partial charge in [-0.25, -0.2) is 0 Å². The van der Waals surface area contributed by atoms with E-state index in [2.05, 4.69) is 25.1 Å². The highest BCUT2D eigenvalue weighted by Gasteiger charge is 1.99. The minimum Gasteiger partial charge on any atom is -0.306 e. The van der Waals surface area contributed by atoms with Crippen molar-refractivity contribution >= 4 is 0 Å². The molecule has 0 atom stereocenters. The van der Waals surface area contributed by atoms with Gasteiger partial charge >= 0.3 is 0 Å². The first-order valence-corrected chi connectivity index (χ1v) is 3.99. The van der Waals surface area contributed by atoms with Gasteiger partial charge in [0.1, 0.15) is 0 Å². The highest BCUT2D eigenvalue weighted by atomic mass is 14.8. The molecule has 1 heteroatoms. The third kappa shape index (κ3) is 4.40. The first kappa shape index (κ1) is 9.52. The summed E-state index contributed by atoms with van der Waals surface area (Å²) >= 11 is 0. The summed E-state index contributed by atoms with van der Waals surface area (Å²) in [6.07, 6.45) is 7.57. The molecule has 0 spiro atoms. The van der Waals surface area contributed by atoms with Crippen molar-refractivity contribution in [2.45, 2.75) is 26.7 Å². The molecule has 0 aliphatic heterocycles. The fourth-order valence-electron chi connectivity index (χ4n) is 0.926. The Bertz CT molecular complexity index is 97.8. The quantitative estimate of drug-likeness (QED) is 0.451. The molecule has 0 fully saturated rings. The standard InChI is InChI=1S/C9H17N/c1-4-7-10-8-9(5-2)6-3/h1,9-10H,5-8H2,2-3H3. The summed E-state index contributed by atoms with van der Waals surface area (Å²) in [4.78, 5) is 0. The van der Waals surface area contributed by atoms with Crippen LogP contribution in [0.1, 0.15) is 26.7 Å². The molecule has 0 saturated heterocycles. The number of hydrogen-bond donors (Lipinski definition) is 1. The SMILES string of the molecule is C#CCNCC(CC)CC. The van der Waals surface area contributed by atoms with Crippen molar-refractivity contribution in [2.24, 2.45) is 5.92 Å². The smallest absolute Gasteiger partial charge is 0.0573 e. The van der Waals surface area contributed by atoms with E-state index in [0.29, 0.717) is 6.54 Å². The second-order valence-corrected chi connectivity index (χ2v) is 2.52. The summed E-state index contributed by atoms with van der Waals surface area (Å²) in [6, 6.07) is 0. The van der Waals surface area contributed by atoms with Crippen LogP contribution in [-0.4, -0.2) is 13.1 Å². The van der Waals surface area contributed by atoms with Crippen molar-refractivity contribution in [3.05, 3.63) is 0 Å². The molecule has 58 valence electrons. The Morgan fingerprint density at radius 3 is 2.40 bits per heavy atom. The predicted molar refractivity (Wildman–Crippen MR) is 45.8 cm³/mol. The molecule has 1 nitrogen and oxygen atoms in total. The summed E-state index contributed by atoms with van der Waals surface area (Å²) in [5.74, 6) is 3.36. The highest BCUT2D eigenvalue weighted by molar-refractivity contribution is 4.86. The highest BCUT2D eigenvalue weighted by Crippen LogP contribution is 2.04. The van der Waals surface area contributed by atoms with Crippen molar-refractivity contribution in [1.82, 2.24) is 5.32 Å². The Morgan fingerprint density at radius 2 is 2.00 bits per heavy atom. The van der Waals surface area contributed by atoms with Gasteiger partial charge in [0.05, 0.1) is 6.54 Å². The molecular weight excluding hydrogens is 122 g/mol. The van der Waals surface area contributed by atoms with Crippen molar-refractivity contribution in [1.29, 1.82) is 0 Å². The van der Waals surface area contributed by atoms with Crippen molar-refractivity contribution in [3.8, 4) is 12.3 Å². The molecular formula is C9H17N. The van der Waals surface area contributed by atoms with Gasteiger partial charge in [0.25, 0.3) is 0 Å². The van der Waals surface area contributed by atoms with Crippen LogP contribution in [0.5, 0.6) is 0 Å². The molecule has 0 heterocycles. The van der Waals surface area contributed by atoms with Gasteiger partial charge in [-0.2, -0.15) is 0 Å². The van der Waals surface area contributed by atoms with Crippen molar-refractivity contribution in [3.63, 3.8) is 0 Å². The number of hydrogen-bond acceptors (Lipinski definition) is 1. The summed E-state index contributed by atoms with van der Waals surface area (Å²) in [5, 5.41) is 3.20. The van der Waals surface area contributed by atoms with Crippen molar-refractivity contribution < 1.29 is 0 Å². The Hall–Kier alpha value is -0.480. The fraction of sp³-hybridized carbons (Fsp3) is 0.778. The van der Waals surface area contributed by atoms with E-state index in [-0.39, 0.29) is 0 Å². The molecule has 0 aromatic rings. The van der Waals surface area contributed by atoms with Gasteiger partial charge in [0.2, 0.25) is 0 Å². The Balaban J connectivity index is 3.19. The van der Waals surface area contributed by atoms with Crippen LogP contribution in [0.4, 0.5) is 0 Å². The van der Waals surface area contributed by atoms with E-state index in [4.69, 9.17) is 6.42 Å². The van der Waals surface area contributed by atoms with Crippen molar-refractivity contribution in [2.75, 3.05) is 13.1 Å². The van der Waals surface area contributed by atoms with Crippen LogP contribution >= 0.6 is 0 Å². The zero-order chi connectivity index (χ0) is 7.82. The third-order valence-electron chi connectivity index (χ3n) is 1.81. The van der Waals surface area contributed by atoms with E-state index in [0.717, 1.165) is 12.5 Å². The molecule has 0 aromatic carbocycles. The van der Waals surface area contributed by atoms with Crippen LogP contribution in [0, 0.1) is 18.3 Å². The molecule has 1 N–H and O–H groups in total. The molecule has 0 unspecified atom stereocenters. The van der Waals surface area contributed by atoms with Crippen LogP contribution in [0.3, 0.4) is 0 Å². The Morgan fingerprint density at radius 1 is 1.40 bits per heavy atom. The second kappa shape index (κ2) is 6.64. The lowest BCUT2D eigenvalue weighted by molar-refractivity contribution is 0.462. The fourth-order valence-corrected chi connectivity index (χ4v) is 0.926. The second-order valence-electron chi connectivity index (χ2n) is 2.52. The largest absolute Gasteiger partial charge is 0.306 e.